The molecule has 12 nitrogen and oxygen atoms in total. The number of hydrogen-bond donors (Lipinski definition) is 2. The SMILES string of the molecule is O=C(NCCNS(=O)(=O)c1cccc([N+](=O)[O-])c1)c1cccc(S(=O)(=O)N2CCOCC2)c1. The molecule has 0 aromatic heterocycles. The minimum Gasteiger partial charge on any atom is -0.379 e. The van der Waals surface area contributed by atoms with Gasteiger partial charge < -0.3 is 10.1 Å². The van der Waals surface area contributed by atoms with Gasteiger partial charge in [0.1, 0.15) is 0 Å². The van der Waals surface area contributed by atoms with Crippen molar-refractivity contribution in [3.8, 4) is 0 Å². The smallest absolute Gasteiger partial charge is 0.270 e. The summed E-state index contributed by atoms with van der Waals surface area (Å²) in [6.45, 7) is 0.778. The highest BCUT2D eigenvalue weighted by molar-refractivity contribution is 7.89. The maximum atomic E-state index is 12.8. The number of nitro groups is 1. The summed E-state index contributed by atoms with van der Waals surface area (Å²) in [4.78, 5) is 22.2. The Morgan fingerprint density at radius 2 is 1.67 bits per heavy atom. The van der Waals surface area contributed by atoms with Crippen LogP contribution in [0.3, 0.4) is 0 Å². The van der Waals surface area contributed by atoms with E-state index in [4.69, 9.17) is 4.74 Å². The number of ether oxygens (including phenoxy) is 1. The summed E-state index contributed by atoms with van der Waals surface area (Å²) in [6.07, 6.45) is 0. The second-order valence-electron chi connectivity index (χ2n) is 6.95. The van der Waals surface area contributed by atoms with Crippen molar-refractivity contribution >= 4 is 31.6 Å². The third-order valence-electron chi connectivity index (χ3n) is 4.75. The van der Waals surface area contributed by atoms with Gasteiger partial charge in [-0.05, 0) is 24.3 Å². The Balaban J connectivity index is 1.58. The zero-order valence-electron chi connectivity index (χ0n) is 17.3. The first kappa shape index (κ1) is 24.7. The first-order valence-electron chi connectivity index (χ1n) is 9.81. The number of benzene rings is 2. The van der Waals surface area contributed by atoms with Crippen LogP contribution in [0.4, 0.5) is 5.69 Å². The molecule has 0 radical (unpaired) electrons. The van der Waals surface area contributed by atoms with Crippen molar-refractivity contribution in [1.29, 1.82) is 0 Å². The summed E-state index contributed by atoms with van der Waals surface area (Å²) in [5, 5.41) is 13.3. The molecule has 1 heterocycles. The van der Waals surface area contributed by atoms with E-state index in [1.54, 1.807) is 0 Å². The number of non-ortho nitro benzene ring substituents is 1. The largest absolute Gasteiger partial charge is 0.379 e. The summed E-state index contributed by atoms with van der Waals surface area (Å²) >= 11 is 0. The molecule has 0 spiro atoms. The Morgan fingerprint density at radius 1 is 1.00 bits per heavy atom. The molecular weight excluding hydrogens is 476 g/mol. The molecule has 0 saturated carbocycles. The van der Waals surface area contributed by atoms with Crippen LogP contribution >= 0.6 is 0 Å². The first-order chi connectivity index (χ1) is 15.6. The predicted molar refractivity (Wildman–Crippen MR) is 117 cm³/mol. The number of amides is 1. The highest BCUT2D eigenvalue weighted by Crippen LogP contribution is 2.19. The van der Waals surface area contributed by atoms with Crippen molar-refractivity contribution in [2.24, 2.45) is 0 Å². The molecule has 0 unspecified atom stereocenters. The van der Waals surface area contributed by atoms with Crippen LogP contribution in [0.2, 0.25) is 0 Å². The van der Waals surface area contributed by atoms with Crippen molar-refractivity contribution in [3.63, 3.8) is 0 Å². The number of hydrogen-bond acceptors (Lipinski definition) is 8. The molecule has 178 valence electrons. The summed E-state index contributed by atoms with van der Waals surface area (Å²) in [7, 11) is -7.79. The standard InChI is InChI=1S/C19H22N4O8S2/c24-19(15-3-1-6-18(13-15)33(29,30)22-9-11-31-12-10-22)20-7-8-21-32(27,28)17-5-2-4-16(14-17)23(25)26/h1-6,13-14,21H,7-12H2,(H,20,24). The van der Waals surface area contributed by atoms with E-state index in [9.17, 15) is 31.7 Å². The van der Waals surface area contributed by atoms with Crippen molar-refractivity contribution in [2.75, 3.05) is 39.4 Å². The van der Waals surface area contributed by atoms with Crippen LogP contribution in [0.25, 0.3) is 0 Å². The molecule has 1 aliphatic rings. The monoisotopic (exact) mass is 498 g/mol. The Bertz CT molecular complexity index is 1240. The average Bonchev–Trinajstić information content (AvgIpc) is 2.82. The summed E-state index contributed by atoms with van der Waals surface area (Å²) in [5.74, 6) is -0.580. The Labute approximate surface area is 190 Å². The Morgan fingerprint density at radius 3 is 2.36 bits per heavy atom. The fourth-order valence-corrected chi connectivity index (χ4v) is 5.57. The van der Waals surface area contributed by atoms with Crippen molar-refractivity contribution in [3.05, 3.63) is 64.2 Å². The highest BCUT2D eigenvalue weighted by Gasteiger charge is 2.27. The number of nitro benzene ring substituents is 1. The van der Waals surface area contributed by atoms with Gasteiger partial charge in [0.25, 0.3) is 11.6 Å². The van der Waals surface area contributed by atoms with Crippen LogP contribution in [0.1, 0.15) is 10.4 Å². The predicted octanol–water partition coefficient (Wildman–Crippen LogP) is 0.324. The minimum atomic E-state index is -4.02. The van der Waals surface area contributed by atoms with Crippen molar-refractivity contribution in [1.82, 2.24) is 14.3 Å². The number of rotatable bonds is 9. The quantitative estimate of drug-likeness (QED) is 0.283. The van der Waals surface area contributed by atoms with E-state index in [0.717, 1.165) is 6.07 Å². The minimum absolute atomic E-state index is 0.0246. The highest BCUT2D eigenvalue weighted by atomic mass is 32.2. The van der Waals surface area contributed by atoms with Crippen molar-refractivity contribution in [2.45, 2.75) is 9.79 Å². The molecule has 33 heavy (non-hydrogen) atoms. The molecule has 14 heteroatoms. The fourth-order valence-electron chi connectivity index (χ4n) is 3.04. The maximum absolute atomic E-state index is 12.8. The zero-order chi connectivity index (χ0) is 24.1. The second-order valence-corrected chi connectivity index (χ2v) is 10.7. The molecule has 1 saturated heterocycles. The fraction of sp³-hybridized carbons (Fsp3) is 0.316. The second kappa shape index (κ2) is 10.4. The number of nitrogens with zero attached hydrogens (tertiary/aromatic N) is 2. The van der Waals surface area contributed by atoms with Crippen molar-refractivity contribution < 1.29 is 31.3 Å². The lowest BCUT2D eigenvalue weighted by Crippen LogP contribution is -2.40. The van der Waals surface area contributed by atoms with Gasteiger partial charge in [0.15, 0.2) is 0 Å². The molecule has 2 aromatic rings. The van der Waals surface area contributed by atoms with E-state index in [2.05, 4.69) is 10.0 Å². The van der Waals surface area contributed by atoms with Gasteiger partial charge in [0.2, 0.25) is 20.0 Å². The van der Waals surface area contributed by atoms with Gasteiger partial charge in [-0.2, -0.15) is 4.31 Å². The molecule has 2 aromatic carbocycles. The summed E-state index contributed by atoms with van der Waals surface area (Å²) in [5.41, 5.74) is -0.260. The van der Waals surface area contributed by atoms with E-state index in [-0.39, 0.29) is 47.2 Å². The van der Waals surface area contributed by atoms with Crippen LogP contribution in [0.15, 0.2) is 58.3 Å². The van der Waals surface area contributed by atoms with Crippen LogP contribution in [0, 0.1) is 10.1 Å². The van der Waals surface area contributed by atoms with Gasteiger partial charge >= 0.3 is 0 Å². The van der Waals surface area contributed by atoms with Gasteiger partial charge in [-0.25, -0.2) is 21.6 Å². The third kappa shape index (κ3) is 6.11. The summed E-state index contributed by atoms with van der Waals surface area (Å²) < 4.78 is 58.8. The Hall–Kier alpha value is -2.91. The van der Waals surface area contributed by atoms with Gasteiger partial charge in [-0.1, -0.05) is 12.1 Å². The van der Waals surface area contributed by atoms with E-state index in [0.29, 0.717) is 13.2 Å². The van der Waals surface area contributed by atoms with E-state index in [1.807, 2.05) is 0 Å². The zero-order valence-corrected chi connectivity index (χ0v) is 19.0. The molecule has 0 bridgehead atoms. The molecule has 1 aliphatic heterocycles. The normalized spacial score (nSPS) is 15.2. The lowest BCUT2D eigenvalue weighted by atomic mass is 10.2. The lowest BCUT2D eigenvalue weighted by molar-refractivity contribution is -0.385. The number of carbonyl (C=O) groups is 1. The lowest BCUT2D eigenvalue weighted by Gasteiger charge is -2.26. The maximum Gasteiger partial charge on any atom is 0.270 e. The topological polar surface area (TPSA) is 165 Å². The summed E-state index contributed by atoms with van der Waals surface area (Å²) in [6, 6.07) is 10.1. The van der Waals surface area contributed by atoms with Gasteiger partial charge in [-0.15, -0.1) is 0 Å². The Kier molecular flexibility index (Phi) is 7.76. The third-order valence-corrected chi connectivity index (χ3v) is 8.10. The molecule has 3 rings (SSSR count). The van der Waals surface area contributed by atoms with E-state index >= 15 is 0 Å². The number of nitrogens with one attached hydrogen (secondary N) is 2. The molecule has 1 amide bonds. The van der Waals surface area contributed by atoms with Crippen LogP contribution in [-0.4, -0.2) is 71.4 Å². The average molecular weight is 499 g/mol. The number of carbonyl (C=O) groups excluding carboxylic acids is 1. The molecule has 1 fully saturated rings. The molecule has 0 aliphatic carbocycles. The van der Waals surface area contributed by atoms with E-state index in [1.165, 1.54) is 46.8 Å². The first-order valence-corrected chi connectivity index (χ1v) is 12.7. The number of morpholine rings is 1. The van der Waals surface area contributed by atoms with Gasteiger partial charge in [0.05, 0.1) is 27.9 Å². The van der Waals surface area contributed by atoms with Crippen LogP contribution in [-0.2, 0) is 24.8 Å². The molecular formula is C19H22N4O8S2. The molecule has 0 atom stereocenters. The molecule has 2 N–H and O–H groups in total. The van der Waals surface area contributed by atoms with E-state index < -0.39 is 30.9 Å². The van der Waals surface area contributed by atoms with Crippen LogP contribution < -0.4 is 10.0 Å². The van der Waals surface area contributed by atoms with Gasteiger partial charge in [0, 0.05) is 43.9 Å². The van der Waals surface area contributed by atoms with Crippen LogP contribution in [0.5, 0.6) is 0 Å². The number of sulfonamides is 2. The van der Waals surface area contributed by atoms with Gasteiger partial charge in [-0.3, -0.25) is 14.9 Å².